The third kappa shape index (κ3) is 6.04. The second-order valence-corrected chi connectivity index (χ2v) is 7.71. The van der Waals surface area contributed by atoms with Gasteiger partial charge in [0.15, 0.2) is 0 Å². The Morgan fingerprint density at radius 2 is 1.70 bits per heavy atom. The molecule has 0 atom stereocenters. The molecule has 4 nitrogen and oxygen atoms in total. The van der Waals surface area contributed by atoms with E-state index < -0.39 is 0 Å². The molecule has 3 aromatic rings. The summed E-state index contributed by atoms with van der Waals surface area (Å²) in [5.41, 5.74) is 5.84. The van der Waals surface area contributed by atoms with Crippen molar-refractivity contribution in [3.63, 3.8) is 0 Å². The standard InChI is InChI=1S/C17H16BN2.C10H10N2.Ir/c1-14-8-7-9-15(2)17(14)20-13-6-4-11-18(20)16-10-3-5-12-19-16;1-11-7-8-12(9-11)10-5-3-2-4-6-10;/h3-10,12-13H,1-2H3;2-5,7-9H,1H3;/q-1;-2;+3. The van der Waals surface area contributed by atoms with Crippen molar-refractivity contribution >= 4 is 23.8 Å². The summed E-state index contributed by atoms with van der Waals surface area (Å²) in [6.07, 6.45) is 11.9. The number of anilines is 2. The number of rotatable bonds is 3. The molecule has 0 unspecified atom stereocenters. The Labute approximate surface area is 211 Å². The van der Waals surface area contributed by atoms with Gasteiger partial charge in [0.2, 0.25) is 6.85 Å². The van der Waals surface area contributed by atoms with E-state index in [9.17, 15) is 0 Å². The first-order chi connectivity index (χ1) is 15.6. The van der Waals surface area contributed by atoms with Gasteiger partial charge in [0.1, 0.15) is 0 Å². The first kappa shape index (κ1) is 24.6. The van der Waals surface area contributed by atoms with Crippen LogP contribution < -0.4 is 15.3 Å². The Kier molecular flexibility index (Phi) is 8.70. The number of pyridine rings is 1. The molecule has 0 fully saturated rings. The van der Waals surface area contributed by atoms with E-state index in [2.05, 4.69) is 60.1 Å². The SMILES string of the molecule is CN1C=CN(c2[c-]cccc2)[CH-]1.Cc1cccc(C)c1N1C=CC=[C-]B1c1ccccn1.[Ir+3]. The van der Waals surface area contributed by atoms with Gasteiger partial charge in [-0.25, -0.2) is 6.08 Å². The van der Waals surface area contributed by atoms with E-state index in [1.807, 2.05) is 96.7 Å². The molecule has 0 saturated carbocycles. The molecule has 0 bridgehead atoms. The van der Waals surface area contributed by atoms with E-state index in [0.29, 0.717) is 0 Å². The van der Waals surface area contributed by atoms with E-state index >= 15 is 0 Å². The molecule has 33 heavy (non-hydrogen) atoms. The van der Waals surface area contributed by atoms with Crippen molar-refractivity contribution in [2.45, 2.75) is 13.8 Å². The molecular formula is C27H26BIrN4. The second kappa shape index (κ2) is 11.7. The van der Waals surface area contributed by atoms with Crippen molar-refractivity contribution in [2.75, 3.05) is 16.8 Å². The van der Waals surface area contributed by atoms with Crippen LogP contribution in [0, 0.1) is 32.6 Å². The van der Waals surface area contributed by atoms with Gasteiger partial charge < -0.3 is 14.6 Å². The summed E-state index contributed by atoms with van der Waals surface area (Å²) in [5.74, 6) is 3.39. The summed E-state index contributed by atoms with van der Waals surface area (Å²) < 4.78 is 0. The first-order valence-electron chi connectivity index (χ1n) is 10.7. The van der Waals surface area contributed by atoms with E-state index in [4.69, 9.17) is 0 Å². The average Bonchev–Trinajstić information content (AvgIpc) is 3.27. The Balaban J connectivity index is 0.000000202. The van der Waals surface area contributed by atoms with Crippen LogP contribution in [-0.2, 0) is 20.1 Å². The predicted molar refractivity (Wildman–Crippen MR) is 134 cm³/mol. The van der Waals surface area contributed by atoms with Gasteiger partial charge in [-0.05, 0) is 56.6 Å². The molecule has 3 heterocycles. The fraction of sp³-hybridized carbons (Fsp3) is 0.111. The fourth-order valence-corrected chi connectivity index (χ4v) is 3.77. The molecule has 0 spiro atoms. The van der Waals surface area contributed by atoms with Crippen LogP contribution in [0.5, 0.6) is 0 Å². The molecule has 0 radical (unpaired) electrons. The van der Waals surface area contributed by atoms with Gasteiger partial charge in [0.25, 0.3) is 0 Å². The number of hydrogen-bond donors (Lipinski definition) is 0. The maximum Gasteiger partial charge on any atom is 3.00 e. The number of aromatic nitrogens is 1. The van der Waals surface area contributed by atoms with Crippen molar-refractivity contribution in [2.24, 2.45) is 0 Å². The number of allylic oxidation sites excluding steroid dienone is 2. The molecule has 0 amide bonds. The summed E-state index contributed by atoms with van der Waals surface area (Å²) in [6, 6.07) is 23.4. The molecule has 0 aliphatic carbocycles. The van der Waals surface area contributed by atoms with E-state index in [1.54, 1.807) is 0 Å². The molecule has 5 rings (SSSR count). The number of nitrogens with zero attached hydrogens (tertiary/aromatic N) is 4. The molecule has 0 N–H and O–H groups in total. The molecule has 1 aromatic heterocycles. The van der Waals surface area contributed by atoms with Crippen molar-refractivity contribution in [1.82, 2.24) is 9.88 Å². The summed E-state index contributed by atoms with van der Waals surface area (Å²) in [6.45, 7) is 6.32. The zero-order valence-electron chi connectivity index (χ0n) is 19.0. The van der Waals surface area contributed by atoms with Gasteiger partial charge in [-0.15, -0.1) is 5.69 Å². The third-order valence-corrected chi connectivity index (χ3v) is 5.28. The maximum atomic E-state index is 4.48. The monoisotopic (exact) mass is 610 g/mol. The zero-order chi connectivity index (χ0) is 22.3. The minimum absolute atomic E-state index is 0. The summed E-state index contributed by atoms with van der Waals surface area (Å²) in [7, 11) is 2.00. The van der Waals surface area contributed by atoms with Crippen LogP contribution >= 0.6 is 0 Å². The Morgan fingerprint density at radius 3 is 2.33 bits per heavy atom. The molecular weight excluding hydrogens is 583 g/mol. The van der Waals surface area contributed by atoms with Crippen LogP contribution in [-0.4, -0.2) is 23.8 Å². The Morgan fingerprint density at radius 1 is 0.909 bits per heavy atom. The summed E-state index contributed by atoms with van der Waals surface area (Å²) in [5, 5.41) is 0. The predicted octanol–water partition coefficient (Wildman–Crippen LogP) is 4.66. The van der Waals surface area contributed by atoms with E-state index in [1.165, 1.54) is 16.8 Å². The second-order valence-electron chi connectivity index (χ2n) is 7.71. The number of aryl methyl sites for hydroxylation is 2. The molecule has 2 aliphatic heterocycles. The first-order valence-corrected chi connectivity index (χ1v) is 10.7. The van der Waals surface area contributed by atoms with Gasteiger partial charge in [-0.3, -0.25) is 11.0 Å². The average molecular weight is 610 g/mol. The van der Waals surface area contributed by atoms with E-state index in [-0.39, 0.29) is 27.0 Å². The zero-order valence-corrected chi connectivity index (χ0v) is 21.4. The van der Waals surface area contributed by atoms with Gasteiger partial charge in [-0.1, -0.05) is 30.5 Å². The van der Waals surface area contributed by atoms with Crippen LogP contribution in [0.25, 0.3) is 0 Å². The fourth-order valence-electron chi connectivity index (χ4n) is 3.77. The largest absolute Gasteiger partial charge is 3.00 e. The van der Waals surface area contributed by atoms with E-state index in [0.717, 1.165) is 11.3 Å². The summed E-state index contributed by atoms with van der Waals surface area (Å²) in [4.78, 5) is 10.8. The molecule has 2 aliphatic rings. The van der Waals surface area contributed by atoms with Crippen LogP contribution in [0.2, 0.25) is 0 Å². The summed E-state index contributed by atoms with van der Waals surface area (Å²) >= 11 is 0. The van der Waals surface area contributed by atoms with Gasteiger partial charge >= 0.3 is 20.1 Å². The van der Waals surface area contributed by atoms with Crippen LogP contribution in [0.3, 0.4) is 0 Å². The van der Waals surface area contributed by atoms with Gasteiger partial charge in [0, 0.05) is 17.5 Å². The topological polar surface area (TPSA) is 22.6 Å². The number of benzene rings is 2. The number of hydrogen-bond acceptors (Lipinski definition) is 4. The van der Waals surface area contributed by atoms with Gasteiger partial charge in [0.05, 0.1) is 0 Å². The number of para-hydroxylation sites is 2. The van der Waals surface area contributed by atoms with Crippen molar-refractivity contribution in [1.29, 1.82) is 0 Å². The normalized spacial score (nSPS) is 14.2. The maximum absolute atomic E-state index is 4.48. The minimum Gasteiger partial charge on any atom is -0.510 e. The molecule has 6 heteroatoms. The third-order valence-electron chi connectivity index (χ3n) is 5.28. The van der Waals surface area contributed by atoms with Crippen LogP contribution in [0.15, 0.2) is 97.6 Å². The smallest absolute Gasteiger partial charge is 0.510 e. The van der Waals surface area contributed by atoms with Crippen LogP contribution in [0.1, 0.15) is 11.1 Å². The molecule has 166 valence electrons. The molecule has 0 saturated heterocycles. The van der Waals surface area contributed by atoms with Crippen molar-refractivity contribution in [3.8, 4) is 0 Å². The Bertz CT molecular complexity index is 1100. The van der Waals surface area contributed by atoms with Crippen molar-refractivity contribution in [3.05, 3.63) is 127 Å². The Hall–Kier alpha value is -3.08. The minimum atomic E-state index is 0. The quantitative estimate of drug-likeness (QED) is 0.319. The van der Waals surface area contributed by atoms with Crippen molar-refractivity contribution < 1.29 is 20.1 Å². The van der Waals surface area contributed by atoms with Gasteiger partial charge in [-0.2, -0.15) is 43.1 Å². The molecule has 2 aromatic carbocycles. The van der Waals surface area contributed by atoms with Crippen LogP contribution in [0.4, 0.5) is 11.4 Å².